The fourth-order valence-corrected chi connectivity index (χ4v) is 3.68. The third-order valence-electron chi connectivity index (χ3n) is 5.20. The van der Waals surface area contributed by atoms with Crippen LogP contribution in [0.5, 0.6) is 5.75 Å². The van der Waals surface area contributed by atoms with E-state index in [0.717, 1.165) is 36.8 Å². The van der Waals surface area contributed by atoms with Crippen molar-refractivity contribution in [2.24, 2.45) is 0 Å². The van der Waals surface area contributed by atoms with Crippen molar-refractivity contribution < 1.29 is 19.4 Å². The van der Waals surface area contributed by atoms with E-state index in [1.54, 1.807) is 7.11 Å². The Labute approximate surface area is 170 Å². The Hall–Kier alpha value is -3.28. The van der Waals surface area contributed by atoms with E-state index in [4.69, 9.17) is 9.84 Å². The lowest BCUT2D eigenvalue weighted by atomic mass is 9.81. The summed E-state index contributed by atoms with van der Waals surface area (Å²) in [5, 5.41) is 14.5. The van der Waals surface area contributed by atoms with Crippen molar-refractivity contribution in [2.75, 3.05) is 17.7 Å². The lowest BCUT2D eigenvalue weighted by Crippen LogP contribution is -2.20. The maximum atomic E-state index is 12.3. The van der Waals surface area contributed by atoms with Gasteiger partial charge in [0, 0.05) is 11.8 Å². The third kappa shape index (κ3) is 5.60. The predicted octanol–water partition coefficient (Wildman–Crippen LogP) is 5.32. The van der Waals surface area contributed by atoms with E-state index < -0.39 is 5.97 Å². The standard InChI is InChI=1S/C23H26N2O4/c1-15-3-12-21(29-2)20(13-15)25-23(28)24-19-10-8-18(9-11-19)17-6-4-16(5-7-17)14-22(26)27/h3,8-14,17H,4-7H2,1-2H3,(H,26,27)(H2,24,25,28). The van der Waals surface area contributed by atoms with E-state index in [-0.39, 0.29) is 6.03 Å². The highest BCUT2D eigenvalue weighted by Crippen LogP contribution is 2.35. The van der Waals surface area contributed by atoms with Crippen LogP contribution in [0.2, 0.25) is 0 Å². The molecule has 2 amide bonds. The highest BCUT2D eigenvalue weighted by atomic mass is 16.5. The van der Waals surface area contributed by atoms with E-state index in [2.05, 4.69) is 10.6 Å². The molecule has 0 radical (unpaired) electrons. The first-order valence-corrected chi connectivity index (χ1v) is 9.69. The number of aryl methyl sites for hydroxylation is 1. The van der Waals surface area contributed by atoms with Crippen molar-refractivity contribution in [3.8, 4) is 5.75 Å². The number of nitrogens with one attached hydrogen (secondary N) is 2. The summed E-state index contributed by atoms with van der Waals surface area (Å²) in [5.74, 6) is 0.158. The van der Waals surface area contributed by atoms with E-state index in [9.17, 15) is 9.59 Å². The van der Waals surface area contributed by atoms with Gasteiger partial charge >= 0.3 is 12.0 Å². The Balaban J connectivity index is 1.58. The number of carboxylic acids is 1. The minimum absolute atomic E-state index is 0.331. The number of carbonyl (C=O) groups excluding carboxylic acids is 1. The number of rotatable bonds is 5. The molecule has 3 rings (SSSR count). The van der Waals surface area contributed by atoms with Crippen LogP contribution in [0.3, 0.4) is 0 Å². The Morgan fingerprint density at radius 1 is 1.07 bits per heavy atom. The quantitative estimate of drug-likeness (QED) is 0.599. The molecule has 2 aromatic rings. The second-order valence-electron chi connectivity index (χ2n) is 7.32. The maximum Gasteiger partial charge on any atom is 0.328 e. The van der Waals surface area contributed by atoms with E-state index in [1.807, 2.05) is 49.4 Å². The highest BCUT2D eigenvalue weighted by Gasteiger charge is 2.19. The van der Waals surface area contributed by atoms with Gasteiger partial charge in [-0.2, -0.15) is 0 Å². The van der Waals surface area contributed by atoms with Crippen LogP contribution in [0.4, 0.5) is 16.2 Å². The number of carboxylic acid groups (broad SMARTS) is 1. The van der Waals surface area contributed by atoms with Gasteiger partial charge in [-0.15, -0.1) is 0 Å². The molecule has 6 heteroatoms. The molecule has 152 valence electrons. The number of benzene rings is 2. The molecule has 1 fully saturated rings. The Kier molecular flexibility index (Phi) is 6.54. The number of carbonyl (C=O) groups is 2. The van der Waals surface area contributed by atoms with Crippen LogP contribution in [0.25, 0.3) is 0 Å². The zero-order chi connectivity index (χ0) is 20.8. The summed E-state index contributed by atoms with van der Waals surface area (Å²) < 4.78 is 5.28. The molecule has 0 atom stereocenters. The number of anilines is 2. The van der Waals surface area contributed by atoms with E-state index in [1.165, 1.54) is 11.6 Å². The van der Waals surface area contributed by atoms with Gasteiger partial charge in [-0.25, -0.2) is 9.59 Å². The van der Waals surface area contributed by atoms with Gasteiger partial charge in [-0.05, 0) is 73.9 Å². The Morgan fingerprint density at radius 2 is 1.76 bits per heavy atom. The molecule has 0 heterocycles. The Bertz CT molecular complexity index is 909. The highest BCUT2D eigenvalue weighted by molar-refractivity contribution is 6.00. The minimum atomic E-state index is -0.865. The van der Waals surface area contributed by atoms with Crippen molar-refractivity contribution in [3.05, 3.63) is 65.2 Å². The summed E-state index contributed by atoms with van der Waals surface area (Å²) in [5.41, 5.74) is 4.58. The molecule has 0 bridgehead atoms. The van der Waals surface area contributed by atoms with Crippen molar-refractivity contribution in [2.45, 2.75) is 38.5 Å². The number of aliphatic carboxylic acids is 1. The molecule has 2 aromatic carbocycles. The summed E-state index contributed by atoms with van der Waals surface area (Å²) in [6, 6.07) is 13.1. The van der Waals surface area contributed by atoms with Gasteiger partial charge in [-0.1, -0.05) is 23.8 Å². The number of ether oxygens (including phenoxy) is 1. The SMILES string of the molecule is COc1ccc(C)cc1NC(=O)Nc1ccc(C2CCC(=CC(=O)O)CC2)cc1. The van der Waals surface area contributed by atoms with Crippen molar-refractivity contribution in [3.63, 3.8) is 0 Å². The van der Waals surface area contributed by atoms with E-state index >= 15 is 0 Å². The van der Waals surface area contributed by atoms with Crippen LogP contribution < -0.4 is 15.4 Å². The molecular weight excluding hydrogens is 368 g/mol. The fourth-order valence-electron chi connectivity index (χ4n) is 3.68. The average Bonchev–Trinajstić information content (AvgIpc) is 2.69. The van der Waals surface area contributed by atoms with Crippen LogP contribution in [-0.2, 0) is 4.79 Å². The van der Waals surface area contributed by atoms with Gasteiger partial charge in [0.2, 0.25) is 0 Å². The van der Waals surface area contributed by atoms with Gasteiger partial charge in [0.25, 0.3) is 0 Å². The van der Waals surface area contributed by atoms with Crippen LogP contribution in [0.1, 0.15) is 42.7 Å². The summed E-state index contributed by atoms with van der Waals surface area (Å²) in [4.78, 5) is 23.1. The lowest BCUT2D eigenvalue weighted by Gasteiger charge is -2.24. The van der Waals surface area contributed by atoms with E-state index in [0.29, 0.717) is 23.0 Å². The van der Waals surface area contributed by atoms with Crippen molar-refractivity contribution >= 4 is 23.4 Å². The van der Waals surface area contributed by atoms with Gasteiger partial charge in [0.15, 0.2) is 0 Å². The first-order chi connectivity index (χ1) is 13.9. The van der Waals surface area contributed by atoms with Crippen molar-refractivity contribution in [1.29, 1.82) is 0 Å². The van der Waals surface area contributed by atoms with Gasteiger partial charge < -0.3 is 20.5 Å². The molecule has 1 saturated carbocycles. The molecule has 0 aromatic heterocycles. The molecule has 1 aliphatic carbocycles. The minimum Gasteiger partial charge on any atom is -0.495 e. The zero-order valence-corrected chi connectivity index (χ0v) is 16.7. The molecule has 6 nitrogen and oxygen atoms in total. The van der Waals surface area contributed by atoms with Gasteiger partial charge in [-0.3, -0.25) is 0 Å². The normalized spacial score (nSPS) is 16.1. The average molecular weight is 394 g/mol. The zero-order valence-electron chi connectivity index (χ0n) is 16.7. The Morgan fingerprint density at radius 3 is 2.38 bits per heavy atom. The number of hydrogen-bond donors (Lipinski definition) is 3. The lowest BCUT2D eigenvalue weighted by molar-refractivity contribution is -0.131. The van der Waals surface area contributed by atoms with Crippen LogP contribution in [0.15, 0.2) is 54.1 Å². The largest absolute Gasteiger partial charge is 0.495 e. The molecule has 0 aliphatic heterocycles. The second-order valence-corrected chi connectivity index (χ2v) is 7.32. The number of urea groups is 1. The monoisotopic (exact) mass is 394 g/mol. The second kappa shape index (κ2) is 9.28. The van der Waals surface area contributed by atoms with Crippen molar-refractivity contribution in [1.82, 2.24) is 0 Å². The molecule has 3 N–H and O–H groups in total. The first-order valence-electron chi connectivity index (χ1n) is 9.69. The number of allylic oxidation sites excluding steroid dienone is 1. The fraction of sp³-hybridized carbons (Fsp3) is 0.304. The molecule has 1 aliphatic rings. The molecule has 0 saturated heterocycles. The predicted molar refractivity (Wildman–Crippen MR) is 114 cm³/mol. The van der Waals surface area contributed by atoms with Crippen LogP contribution in [0, 0.1) is 6.92 Å². The van der Waals surface area contributed by atoms with Gasteiger partial charge in [0.05, 0.1) is 12.8 Å². The maximum absolute atomic E-state index is 12.3. The summed E-state index contributed by atoms with van der Waals surface area (Å²) >= 11 is 0. The molecular formula is C23H26N2O4. The summed E-state index contributed by atoms with van der Waals surface area (Å²) in [7, 11) is 1.57. The van der Waals surface area contributed by atoms with Gasteiger partial charge in [0.1, 0.15) is 5.75 Å². The number of methoxy groups -OCH3 is 1. The molecule has 0 spiro atoms. The summed E-state index contributed by atoms with van der Waals surface area (Å²) in [6.07, 6.45) is 4.86. The third-order valence-corrected chi connectivity index (χ3v) is 5.20. The smallest absolute Gasteiger partial charge is 0.328 e. The van der Waals surface area contributed by atoms with Crippen LogP contribution >= 0.6 is 0 Å². The first kappa shape index (κ1) is 20.5. The topological polar surface area (TPSA) is 87.7 Å². The number of amides is 2. The molecule has 0 unspecified atom stereocenters. The number of hydrogen-bond acceptors (Lipinski definition) is 3. The summed E-state index contributed by atoms with van der Waals surface area (Å²) in [6.45, 7) is 1.95. The molecule has 29 heavy (non-hydrogen) atoms. The van der Waals surface area contributed by atoms with Crippen LogP contribution in [-0.4, -0.2) is 24.2 Å².